The number of nitrogens with one attached hydrogen (secondary N) is 4. The Morgan fingerprint density at radius 3 is 2.06 bits per heavy atom. The van der Waals surface area contributed by atoms with E-state index in [0.29, 0.717) is 11.0 Å². The van der Waals surface area contributed by atoms with Gasteiger partial charge in [0, 0.05) is 32.0 Å². The molecule has 1 aromatic carbocycles. The van der Waals surface area contributed by atoms with E-state index in [4.69, 9.17) is 16.0 Å². The van der Waals surface area contributed by atoms with Gasteiger partial charge in [-0.25, -0.2) is 0 Å². The molecule has 3 saturated heterocycles. The fourth-order valence-electron chi connectivity index (χ4n) is 7.39. The van der Waals surface area contributed by atoms with E-state index in [-0.39, 0.29) is 0 Å². The second-order valence-corrected chi connectivity index (χ2v) is 16.7. The van der Waals surface area contributed by atoms with Crippen molar-refractivity contribution in [1.82, 2.24) is 31.1 Å². The van der Waals surface area contributed by atoms with Crippen LogP contribution >= 0.6 is 0 Å². The third kappa shape index (κ3) is 12.2. The van der Waals surface area contributed by atoms with Gasteiger partial charge >= 0.3 is 10.4 Å². The molecule has 4 rings (SSSR count). The Morgan fingerprint density at radius 1 is 0.857 bits per heavy atom. The highest BCUT2D eigenvalue weighted by Crippen LogP contribution is 2.32. The summed E-state index contributed by atoms with van der Waals surface area (Å²) in [5.74, 6) is -11.7. The number of nitrogens with two attached hydrogens (primary N) is 2. The van der Waals surface area contributed by atoms with Gasteiger partial charge in [-0.1, -0.05) is 13.0 Å². The Labute approximate surface area is 358 Å². The van der Waals surface area contributed by atoms with E-state index >= 15 is 0 Å². The lowest BCUT2D eigenvalue weighted by atomic mass is 9.96. The molecule has 0 unspecified atom stereocenters. The molecule has 352 valence electrons. The normalized spacial score (nSPS) is 31.5. The molecule has 27 nitrogen and oxygen atoms in total. The van der Waals surface area contributed by atoms with Crippen molar-refractivity contribution < 1.29 is 91.6 Å². The van der Waals surface area contributed by atoms with Crippen LogP contribution in [-0.4, -0.2) is 197 Å². The summed E-state index contributed by atoms with van der Waals surface area (Å²) in [5.41, 5.74) is 10.7. The standard InChI is InChI=1S/C35H52N8O19S/c1-12-10-43-26(27(12)50)33(56)38-9-15(45)6-17(36)30(53)39-23(13(2)44)34(57)42-11-16(46)7-18(42)31(54)41-25(32(55)40-24(35(43)58)20(48)8-22(37)49)29(52)28(51)14-3-4-19(47)21(5-14)62-63(59,60)61/h3-5,12-13,15-18,20,23-29,44-48,50-52H,6-11,36H2,1-2H3,(H2,37,49)(H,38,56)(H,39,53)(H,40,55)(H,41,54)(H,59,60,61)/t12-,13+,15+,16+,17-,18-,20+,23-,24-,25-,26-,27-,28-,29-/m0/s1. The lowest BCUT2D eigenvalue weighted by Gasteiger charge is -2.34. The Morgan fingerprint density at radius 2 is 1.46 bits per heavy atom. The SMILES string of the molecule is C[C@@H](O)[C@@H]1NC(=O)[C@@H](N)C[C@@H](O)CNC(=O)[C@@H]2[C@@H](O)[C@@H](C)CN2C(=O)[C@H]([C@H](O)CC(N)=O)NC(=O)[C@H]([C@H](O)[C@@H](O)c2ccc(O)c(OS(=O)(=O)O)c2)NC(=O)[C@@H]2C[C@@H](O)CN2C1=O. The average molecular weight is 921 g/mol. The van der Waals surface area contributed by atoms with Crippen LogP contribution in [0.2, 0.25) is 0 Å². The Kier molecular flexibility index (Phi) is 16.4. The minimum Gasteiger partial charge on any atom is -0.504 e. The average Bonchev–Trinajstić information content (AvgIpc) is 3.73. The van der Waals surface area contributed by atoms with E-state index in [2.05, 4.69) is 25.5 Å². The van der Waals surface area contributed by atoms with E-state index in [9.17, 15) is 82.8 Å². The van der Waals surface area contributed by atoms with Crippen molar-refractivity contribution in [3.63, 3.8) is 0 Å². The summed E-state index contributed by atoms with van der Waals surface area (Å²) in [6.07, 6.45) is -15.7. The van der Waals surface area contributed by atoms with Gasteiger partial charge in [0.05, 0.1) is 43.0 Å². The highest BCUT2D eigenvalue weighted by molar-refractivity contribution is 7.81. The smallest absolute Gasteiger partial charge is 0.446 e. The first kappa shape index (κ1) is 50.3. The van der Waals surface area contributed by atoms with Crippen molar-refractivity contribution in [2.24, 2.45) is 17.4 Å². The molecule has 0 spiro atoms. The number of rotatable bonds is 9. The lowest BCUT2D eigenvalue weighted by molar-refractivity contribution is -0.148. The van der Waals surface area contributed by atoms with E-state index in [1.54, 1.807) is 0 Å². The second-order valence-electron chi connectivity index (χ2n) is 15.7. The van der Waals surface area contributed by atoms with Gasteiger partial charge in [-0.2, -0.15) is 8.42 Å². The number of phenols is 1. The Balaban J connectivity index is 1.86. The first-order valence-electron chi connectivity index (χ1n) is 19.3. The van der Waals surface area contributed by atoms with Crippen LogP contribution in [0.3, 0.4) is 0 Å². The predicted octanol–water partition coefficient (Wildman–Crippen LogP) is -8.58. The van der Waals surface area contributed by atoms with Crippen LogP contribution < -0.4 is 36.9 Å². The monoisotopic (exact) mass is 920 g/mol. The molecule has 17 N–H and O–H groups in total. The fraction of sp³-hybridized carbons (Fsp3) is 0.629. The van der Waals surface area contributed by atoms with Crippen LogP contribution in [-0.2, 0) is 44.0 Å². The zero-order valence-corrected chi connectivity index (χ0v) is 34.4. The summed E-state index contributed by atoms with van der Waals surface area (Å²) >= 11 is 0. The molecule has 3 heterocycles. The fourth-order valence-corrected chi connectivity index (χ4v) is 7.75. The van der Waals surface area contributed by atoms with Crippen molar-refractivity contribution in [2.75, 3.05) is 19.6 Å². The summed E-state index contributed by atoms with van der Waals surface area (Å²) < 4.78 is 36.2. The number of phenolic OH excluding ortho intramolecular Hbond substituents is 1. The van der Waals surface area contributed by atoms with Gasteiger partial charge in [0.15, 0.2) is 11.5 Å². The van der Waals surface area contributed by atoms with Crippen molar-refractivity contribution in [3.8, 4) is 11.5 Å². The van der Waals surface area contributed by atoms with E-state index in [0.717, 1.165) is 24.0 Å². The minimum atomic E-state index is -5.29. The van der Waals surface area contributed by atoms with E-state index in [1.807, 2.05) is 0 Å². The number of hydrogen-bond acceptors (Lipinski definition) is 19. The maximum atomic E-state index is 14.3. The Hall–Kier alpha value is -5.30. The molecule has 3 fully saturated rings. The van der Waals surface area contributed by atoms with Crippen LogP contribution in [0.4, 0.5) is 0 Å². The van der Waals surface area contributed by atoms with Gasteiger partial charge in [0.1, 0.15) is 42.4 Å². The molecule has 0 aliphatic carbocycles. The van der Waals surface area contributed by atoms with Crippen LogP contribution in [0, 0.1) is 5.92 Å². The summed E-state index contributed by atoms with van der Waals surface area (Å²) in [4.78, 5) is 96.6. The van der Waals surface area contributed by atoms with Crippen molar-refractivity contribution in [1.29, 1.82) is 0 Å². The number of benzene rings is 1. The molecule has 3 aliphatic rings. The minimum absolute atomic E-state index is 0.421. The molecule has 14 atom stereocenters. The number of primary amides is 1. The topological polar surface area (TPSA) is 452 Å². The summed E-state index contributed by atoms with van der Waals surface area (Å²) in [5, 5.41) is 95.7. The maximum absolute atomic E-state index is 14.3. The summed E-state index contributed by atoms with van der Waals surface area (Å²) in [6, 6.07) is -9.60. The number of fused-ring (bicyclic) bond motifs is 2. The number of aliphatic hydroxyl groups excluding tert-OH is 7. The van der Waals surface area contributed by atoms with E-state index < -0.39 is 193 Å². The highest BCUT2D eigenvalue weighted by atomic mass is 32.3. The quantitative estimate of drug-likeness (QED) is 0.102. The van der Waals surface area contributed by atoms with Gasteiger partial charge in [-0.3, -0.25) is 38.1 Å². The third-order valence-electron chi connectivity index (χ3n) is 10.7. The lowest BCUT2D eigenvalue weighted by Crippen LogP contribution is -2.64. The van der Waals surface area contributed by atoms with Crippen LogP contribution in [0.15, 0.2) is 18.2 Å². The first-order chi connectivity index (χ1) is 29.2. The zero-order chi connectivity index (χ0) is 47.4. The molecule has 63 heavy (non-hydrogen) atoms. The molecule has 1 aromatic rings. The maximum Gasteiger partial charge on any atom is 0.446 e. The number of hydrogen-bond donors (Lipinski definition) is 15. The van der Waals surface area contributed by atoms with Gasteiger partial charge in [-0.05, 0) is 31.0 Å². The first-order valence-corrected chi connectivity index (χ1v) is 20.7. The molecule has 0 bridgehead atoms. The van der Waals surface area contributed by atoms with Crippen molar-refractivity contribution >= 4 is 51.7 Å². The third-order valence-corrected chi connectivity index (χ3v) is 11.1. The number of carbonyl (C=O) groups excluding carboxylic acids is 7. The molecule has 28 heteroatoms. The summed E-state index contributed by atoms with van der Waals surface area (Å²) in [7, 11) is -5.29. The van der Waals surface area contributed by atoms with Crippen LogP contribution in [0.1, 0.15) is 44.8 Å². The molecule has 0 radical (unpaired) electrons. The van der Waals surface area contributed by atoms with Gasteiger partial charge in [0.2, 0.25) is 41.4 Å². The van der Waals surface area contributed by atoms with Crippen molar-refractivity contribution in [2.45, 2.75) is 112 Å². The van der Waals surface area contributed by atoms with Gasteiger partial charge in [-0.15, -0.1) is 0 Å². The van der Waals surface area contributed by atoms with Crippen LogP contribution in [0.5, 0.6) is 11.5 Å². The molecular weight excluding hydrogens is 868 g/mol. The largest absolute Gasteiger partial charge is 0.504 e. The summed E-state index contributed by atoms with van der Waals surface area (Å²) in [6.45, 7) is 0.854. The number of amides is 7. The van der Waals surface area contributed by atoms with E-state index in [1.165, 1.54) is 6.92 Å². The predicted molar refractivity (Wildman–Crippen MR) is 207 cm³/mol. The second kappa shape index (κ2) is 20.5. The van der Waals surface area contributed by atoms with Crippen molar-refractivity contribution in [3.05, 3.63) is 23.8 Å². The number of aliphatic hydroxyl groups is 7. The molecule has 3 aliphatic heterocycles. The zero-order valence-electron chi connectivity index (χ0n) is 33.6. The van der Waals surface area contributed by atoms with Gasteiger partial charge in [0.25, 0.3) is 0 Å². The van der Waals surface area contributed by atoms with Crippen LogP contribution in [0.25, 0.3) is 0 Å². The number of carbonyl (C=O) groups is 7. The molecule has 7 amide bonds. The number of aromatic hydroxyl groups is 1. The molecule has 0 aromatic heterocycles. The highest BCUT2D eigenvalue weighted by Gasteiger charge is 2.50. The van der Waals surface area contributed by atoms with Gasteiger partial charge < -0.3 is 87.6 Å². The Bertz CT molecular complexity index is 2030. The molecule has 0 saturated carbocycles. The number of nitrogens with zero attached hydrogens (tertiary/aromatic N) is 2. The number of β-amino-alcohol motifs (C(OH)–C–C–N with tert-alkyl or cyclic N) is 1. The molecular formula is C35H52N8O19S.